The Labute approximate surface area is 114 Å². The molecule has 0 aliphatic heterocycles. The maximum absolute atomic E-state index is 10.2. The van der Waals surface area contributed by atoms with E-state index >= 15 is 0 Å². The van der Waals surface area contributed by atoms with Gasteiger partial charge >= 0.3 is 0 Å². The number of rotatable bonds is 6. The van der Waals surface area contributed by atoms with Crippen LogP contribution in [0.15, 0.2) is 54.9 Å². The molecule has 100 valence electrons. The van der Waals surface area contributed by atoms with Crippen molar-refractivity contribution in [3.8, 4) is 0 Å². The molecule has 2 atom stereocenters. The van der Waals surface area contributed by atoms with Crippen LogP contribution in [-0.4, -0.2) is 22.2 Å². The van der Waals surface area contributed by atoms with Gasteiger partial charge in [0.15, 0.2) is 0 Å². The highest BCUT2D eigenvalue weighted by Crippen LogP contribution is 2.06. The first kappa shape index (κ1) is 13.7. The number of nitrogens with zero attached hydrogens (tertiary/aromatic N) is 1. The van der Waals surface area contributed by atoms with Gasteiger partial charge in [0, 0.05) is 25.0 Å². The third-order valence-corrected chi connectivity index (χ3v) is 3.22. The summed E-state index contributed by atoms with van der Waals surface area (Å²) in [5.41, 5.74) is 2.28. The predicted octanol–water partition coefficient (Wildman–Crippen LogP) is 2.16. The molecule has 1 heterocycles. The smallest absolute Gasteiger partial charge is 0.0730 e. The van der Waals surface area contributed by atoms with Crippen molar-refractivity contribution in [2.45, 2.75) is 32.0 Å². The Bertz CT molecular complexity index is 473. The molecule has 0 aliphatic carbocycles. The summed E-state index contributed by atoms with van der Waals surface area (Å²) >= 11 is 0. The van der Waals surface area contributed by atoms with Gasteiger partial charge < -0.3 is 10.4 Å². The minimum absolute atomic E-state index is 0.0420. The minimum Gasteiger partial charge on any atom is -0.391 e. The lowest BCUT2D eigenvalue weighted by Gasteiger charge is -2.20. The minimum atomic E-state index is -0.390. The second-order valence-electron chi connectivity index (χ2n) is 4.79. The molecule has 2 aromatic rings. The molecule has 19 heavy (non-hydrogen) atoms. The second-order valence-corrected chi connectivity index (χ2v) is 4.79. The van der Waals surface area contributed by atoms with Crippen LogP contribution in [0.2, 0.25) is 0 Å². The van der Waals surface area contributed by atoms with Crippen molar-refractivity contribution < 1.29 is 5.11 Å². The van der Waals surface area contributed by atoms with Crippen molar-refractivity contribution in [2.75, 3.05) is 0 Å². The first-order chi connectivity index (χ1) is 9.25. The van der Waals surface area contributed by atoms with Gasteiger partial charge in [-0.15, -0.1) is 0 Å². The zero-order valence-electron chi connectivity index (χ0n) is 11.2. The van der Waals surface area contributed by atoms with E-state index in [-0.39, 0.29) is 12.1 Å². The Morgan fingerprint density at radius 3 is 2.53 bits per heavy atom. The molecule has 1 aromatic heterocycles. The topological polar surface area (TPSA) is 45.2 Å². The van der Waals surface area contributed by atoms with Gasteiger partial charge in [-0.1, -0.05) is 36.4 Å². The summed E-state index contributed by atoms with van der Waals surface area (Å²) in [7, 11) is 0. The summed E-state index contributed by atoms with van der Waals surface area (Å²) in [5, 5.41) is 13.5. The fourth-order valence-electron chi connectivity index (χ4n) is 1.95. The highest BCUT2D eigenvalue weighted by Gasteiger charge is 2.13. The first-order valence-corrected chi connectivity index (χ1v) is 6.60. The zero-order chi connectivity index (χ0) is 13.5. The van der Waals surface area contributed by atoms with Gasteiger partial charge in [0.25, 0.3) is 0 Å². The summed E-state index contributed by atoms with van der Waals surface area (Å²) in [6, 6.07) is 14.0. The lowest BCUT2D eigenvalue weighted by atomic mass is 10.0. The van der Waals surface area contributed by atoms with E-state index in [9.17, 15) is 5.11 Å². The van der Waals surface area contributed by atoms with Crippen LogP contribution in [-0.2, 0) is 13.0 Å². The van der Waals surface area contributed by atoms with E-state index in [1.165, 1.54) is 0 Å². The highest BCUT2D eigenvalue weighted by molar-refractivity contribution is 5.16. The normalized spacial score (nSPS) is 14.0. The third kappa shape index (κ3) is 4.47. The molecule has 0 saturated carbocycles. The fraction of sp³-hybridized carbons (Fsp3) is 0.312. The number of hydrogen-bond acceptors (Lipinski definition) is 3. The van der Waals surface area contributed by atoms with Gasteiger partial charge in [-0.3, -0.25) is 4.98 Å². The third-order valence-electron chi connectivity index (χ3n) is 3.22. The fourth-order valence-corrected chi connectivity index (χ4v) is 1.95. The van der Waals surface area contributed by atoms with E-state index in [0.717, 1.165) is 17.7 Å². The number of aliphatic hydroxyl groups is 1. The quantitative estimate of drug-likeness (QED) is 0.832. The molecular weight excluding hydrogens is 236 g/mol. The van der Waals surface area contributed by atoms with Crippen molar-refractivity contribution in [1.29, 1.82) is 0 Å². The molecule has 3 heteroatoms. The van der Waals surface area contributed by atoms with Gasteiger partial charge in [-0.05, 0) is 30.5 Å². The summed E-state index contributed by atoms with van der Waals surface area (Å²) < 4.78 is 0. The number of aliphatic hydroxyl groups excluding tert-OH is 1. The van der Waals surface area contributed by atoms with Gasteiger partial charge in [0.05, 0.1) is 6.10 Å². The molecule has 2 unspecified atom stereocenters. The Morgan fingerprint density at radius 1 is 1.11 bits per heavy atom. The second kappa shape index (κ2) is 7.02. The van der Waals surface area contributed by atoms with Crippen LogP contribution >= 0.6 is 0 Å². The van der Waals surface area contributed by atoms with Crippen LogP contribution in [0.1, 0.15) is 18.1 Å². The Morgan fingerprint density at radius 2 is 1.84 bits per heavy atom. The Hall–Kier alpha value is -1.71. The van der Waals surface area contributed by atoms with Crippen LogP contribution in [0, 0.1) is 0 Å². The summed E-state index contributed by atoms with van der Waals surface area (Å²) in [6.07, 6.45) is 3.88. The summed E-state index contributed by atoms with van der Waals surface area (Å²) in [4.78, 5) is 4.07. The van der Waals surface area contributed by atoms with E-state index < -0.39 is 0 Å². The predicted molar refractivity (Wildman–Crippen MR) is 76.7 cm³/mol. The molecule has 1 aromatic carbocycles. The van der Waals surface area contributed by atoms with E-state index in [1.807, 2.05) is 55.6 Å². The molecule has 0 aliphatic rings. The first-order valence-electron chi connectivity index (χ1n) is 6.60. The number of nitrogens with one attached hydrogen (secondary N) is 1. The Kier molecular flexibility index (Phi) is 5.07. The lowest BCUT2D eigenvalue weighted by Crippen LogP contribution is -2.38. The number of hydrogen-bond donors (Lipinski definition) is 2. The SMILES string of the molecule is CC(NCc1cccnc1)C(O)Cc1ccccc1. The van der Waals surface area contributed by atoms with Crippen LogP contribution < -0.4 is 5.32 Å². The molecular formula is C16H20N2O. The van der Waals surface area contributed by atoms with Gasteiger partial charge in [0.1, 0.15) is 0 Å². The molecule has 0 radical (unpaired) electrons. The van der Waals surface area contributed by atoms with Crippen molar-refractivity contribution in [1.82, 2.24) is 10.3 Å². The summed E-state index contributed by atoms with van der Waals surface area (Å²) in [6.45, 7) is 2.73. The number of benzene rings is 1. The van der Waals surface area contributed by atoms with E-state index in [1.54, 1.807) is 6.20 Å². The van der Waals surface area contributed by atoms with E-state index in [2.05, 4.69) is 10.3 Å². The highest BCUT2D eigenvalue weighted by atomic mass is 16.3. The molecule has 0 bridgehead atoms. The van der Waals surface area contributed by atoms with Crippen molar-refractivity contribution in [3.05, 3.63) is 66.0 Å². The van der Waals surface area contributed by atoms with Crippen molar-refractivity contribution in [3.63, 3.8) is 0 Å². The Balaban J connectivity index is 1.81. The van der Waals surface area contributed by atoms with Gasteiger partial charge in [-0.25, -0.2) is 0 Å². The number of pyridine rings is 1. The van der Waals surface area contributed by atoms with Crippen LogP contribution in [0.25, 0.3) is 0 Å². The average molecular weight is 256 g/mol. The maximum Gasteiger partial charge on any atom is 0.0730 e. The number of aromatic nitrogens is 1. The van der Waals surface area contributed by atoms with E-state index in [4.69, 9.17) is 0 Å². The standard InChI is InChI=1S/C16H20N2O/c1-13(18-12-15-8-5-9-17-11-15)16(19)10-14-6-3-2-4-7-14/h2-9,11,13,16,18-19H,10,12H2,1H3. The molecule has 3 nitrogen and oxygen atoms in total. The largest absolute Gasteiger partial charge is 0.391 e. The molecule has 0 spiro atoms. The van der Waals surface area contributed by atoms with Crippen LogP contribution in [0.5, 0.6) is 0 Å². The molecule has 0 fully saturated rings. The average Bonchev–Trinajstić information content (AvgIpc) is 2.47. The maximum atomic E-state index is 10.2. The summed E-state index contributed by atoms with van der Waals surface area (Å²) in [5.74, 6) is 0. The molecule has 2 rings (SSSR count). The molecule has 0 amide bonds. The van der Waals surface area contributed by atoms with Gasteiger partial charge in [-0.2, -0.15) is 0 Å². The monoisotopic (exact) mass is 256 g/mol. The molecule has 0 saturated heterocycles. The van der Waals surface area contributed by atoms with Crippen molar-refractivity contribution in [2.24, 2.45) is 0 Å². The van der Waals surface area contributed by atoms with Gasteiger partial charge in [0.2, 0.25) is 0 Å². The van der Waals surface area contributed by atoms with E-state index in [0.29, 0.717) is 6.42 Å². The zero-order valence-corrected chi connectivity index (χ0v) is 11.2. The van der Waals surface area contributed by atoms with Crippen LogP contribution in [0.4, 0.5) is 0 Å². The van der Waals surface area contributed by atoms with Crippen molar-refractivity contribution >= 4 is 0 Å². The van der Waals surface area contributed by atoms with Crippen LogP contribution in [0.3, 0.4) is 0 Å². The molecule has 2 N–H and O–H groups in total. The lowest BCUT2D eigenvalue weighted by molar-refractivity contribution is 0.134.